The first-order chi connectivity index (χ1) is 24.3. The first kappa shape index (κ1) is 29.5. The van der Waals surface area contributed by atoms with Gasteiger partial charge in [0.25, 0.3) is 0 Å². The summed E-state index contributed by atoms with van der Waals surface area (Å²) in [5, 5.41) is 0. The van der Waals surface area contributed by atoms with Crippen molar-refractivity contribution in [3.05, 3.63) is 200 Å². The molecule has 0 amide bonds. The van der Waals surface area contributed by atoms with Crippen LogP contribution in [0.4, 0.5) is 51.2 Å². The average Bonchev–Trinajstić information content (AvgIpc) is 3.18. The number of hydrogen-bond donors (Lipinski definition) is 0. The summed E-state index contributed by atoms with van der Waals surface area (Å²) in [5.41, 5.74) is 10.6. The number of aromatic nitrogens is 2. The number of fused-ring (bicyclic) bond motifs is 1. The summed E-state index contributed by atoms with van der Waals surface area (Å²) < 4.78 is 0. The highest BCUT2D eigenvalue weighted by molar-refractivity contribution is 6.03. The van der Waals surface area contributed by atoms with Crippen molar-refractivity contribution < 1.29 is 0 Å². The molecule has 0 unspecified atom stereocenters. The van der Waals surface area contributed by atoms with Gasteiger partial charge in [0.15, 0.2) is 0 Å². The van der Waals surface area contributed by atoms with E-state index in [1.165, 1.54) is 0 Å². The van der Waals surface area contributed by atoms with Crippen LogP contribution in [0.15, 0.2) is 188 Å². The van der Waals surface area contributed by atoms with Crippen molar-refractivity contribution in [2.75, 3.05) is 14.7 Å². The Hall–Kier alpha value is -6.90. The molecule has 5 heteroatoms. The maximum atomic E-state index is 4.95. The van der Waals surface area contributed by atoms with Crippen molar-refractivity contribution in [1.29, 1.82) is 0 Å². The smallest absolute Gasteiger partial charge is 0.115 e. The molecule has 0 aliphatic carbocycles. The van der Waals surface area contributed by atoms with Gasteiger partial charge in [-0.1, -0.05) is 84.9 Å². The van der Waals surface area contributed by atoms with Gasteiger partial charge in [-0.05, 0) is 97.1 Å². The summed E-state index contributed by atoms with van der Waals surface area (Å²) in [6.45, 7) is 0. The highest BCUT2D eigenvalue weighted by Gasteiger charge is 2.22. The predicted molar refractivity (Wildman–Crippen MR) is 201 cm³/mol. The summed E-state index contributed by atoms with van der Waals surface area (Å²) in [7, 11) is 0. The van der Waals surface area contributed by atoms with E-state index in [0.717, 1.165) is 62.2 Å². The van der Waals surface area contributed by atoms with E-state index in [0.29, 0.717) is 0 Å². The van der Waals surface area contributed by atoms with Gasteiger partial charge in [-0.15, -0.1) is 0 Å². The largest absolute Gasteiger partial charge is 0.311 e. The second-order valence-electron chi connectivity index (χ2n) is 11.4. The Balaban J connectivity index is 1.27. The Labute approximate surface area is 286 Å². The average molecular weight is 630 g/mol. The van der Waals surface area contributed by atoms with Gasteiger partial charge < -0.3 is 14.7 Å². The van der Waals surface area contributed by atoms with Crippen LogP contribution in [-0.2, 0) is 0 Å². The normalized spacial score (nSPS) is 10.7. The molecule has 8 rings (SSSR count). The van der Waals surface area contributed by atoms with Crippen LogP contribution in [0.2, 0.25) is 0 Å². The van der Waals surface area contributed by atoms with Crippen LogP contribution in [0.5, 0.6) is 0 Å². The maximum Gasteiger partial charge on any atom is 0.115 e. The number of hydrogen-bond acceptors (Lipinski definition) is 5. The fourth-order valence-corrected chi connectivity index (χ4v) is 6.23. The van der Waals surface area contributed by atoms with Gasteiger partial charge in [-0.3, -0.25) is 9.97 Å². The molecule has 0 atom stereocenters. The van der Waals surface area contributed by atoms with E-state index < -0.39 is 0 Å². The molecule has 232 valence electrons. The predicted octanol–water partition coefficient (Wildman–Crippen LogP) is 11.6. The summed E-state index contributed by atoms with van der Waals surface area (Å²) in [5.74, 6) is 0. The summed E-state index contributed by atoms with van der Waals surface area (Å²) in [6.07, 6.45) is 3.52. The fourth-order valence-electron chi connectivity index (χ4n) is 6.23. The molecule has 49 heavy (non-hydrogen) atoms. The first-order valence-corrected chi connectivity index (χ1v) is 16.2. The van der Waals surface area contributed by atoms with E-state index in [1.807, 2.05) is 42.5 Å². The highest BCUT2D eigenvalue weighted by atomic mass is 15.2. The van der Waals surface area contributed by atoms with Crippen LogP contribution < -0.4 is 14.7 Å². The molecule has 8 aromatic rings. The van der Waals surface area contributed by atoms with Gasteiger partial charge >= 0.3 is 0 Å². The molecule has 5 nitrogen and oxygen atoms in total. The van der Waals surface area contributed by atoms with Crippen molar-refractivity contribution in [1.82, 2.24) is 9.97 Å². The second kappa shape index (κ2) is 13.4. The number of nitrogens with zero attached hydrogens (tertiary/aromatic N) is 5. The Morgan fingerprint density at radius 2 is 0.694 bits per heavy atom. The van der Waals surface area contributed by atoms with Gasteiger partial charge in [0.2, 0.25) is 0 Å². The number of benzene rings is 6. The minimum atomic E-state index is 0.781. The van der Waals surface area contributed by atoms with Crippen LogP contribution in [0, 0.1) is 12.1 Å². The Morgan fingerprint density at radius 1 is 0.327 bits per heavy atom. The van der Waals surface area contributed by atoms with E-state index in [1.54, 1.807) is 12.4 Å². The van der Waals surface area contributed by atoms with Gasteiger partial charge in [-0.25, -0.2) is 0 Å². The lowest BCUT2D eigenvalue weighted by atomic mass is 10.1. The van der Waals surface area contributed by atoms with Crippen LogP contribution in [-0.4, -0.2) is 9.97 Å². The standard InChI is InChI=1S/C44H31N5/c1-6-16-34(17-7-1)47(35-18-8-2-9-19-35)39-26-28-40(29-27-39)49(38-24-14-5-15-25-38)42-31-30-41(43-44(42)46-33-32-45-43)48(36-20-10-3-11-21-36)37-22-12-4-13-23-37/h1-4,6-14,16-33H. The quantitative estimate of drug-likeness (QED) is 0.159. The summed E-state index contributed by atoms with van der Waals surface area (Å²) in [4.78, 5) is 16.6. The van der Waals surface area contributed by atoms with Crippen molar-refractivity contribution >= 4 is 62.2 Å². The zero-order valence-electron chi connectivity index (χ0n) is 26.6. The van der Waals surface area contributed by atoms with Crippen molar-refractivity contribution in [2.24, 2.45) is 0 Å². The van der Waals surface area contributed by atoms with Crippen molar-refractivity contribution in [3.8, 4) is 0 Å². The minimum absolute atomic E-state index is 0.781. The zero-order valence-corrected chi connectivity index (χ0v) is 26.6. The molecule has 0 saturated heterocycles. The molecule has 7 aromatic carbocycles. The molecule has 0 fully saturated rings. The summed E-state index contributed by atoms with van der Waals surface area (Å²) >= 11 is 0. The third kappa shape index (κ3) is 5.91. The van der Waals surface area contributed by atoms with E-state index >= 15 is 0 Å². The number of rotatable bonds is 9. The molecule has 0 bridgehead atoms. The van der Waals surface area contributed by atoms with Gasteiger partial charge in [-0.2, -0.15) is 0 Å². The van der Waals surface area contributed by atoms with Crippen molar-refractivity contribution in [3.63, 3.8) is 0 Å². The van der Waals surface area contributed by atoms with E-state index in [2.05, 4.69) is 160 Å². The Kier molecular flexibility index (Phi) is 8.10. The second-order valence-corrected chi connectivity index (χ2v) is 11.4. The van der Waals surface area contributed by atoms with Crippen molar-refractivity contribution in [2.45, 2.75) is 0 Å². The molecule has 0 saturated carbocycles. The molecule has 0 N–H and O–H groups in total. The fraction of sp³-hybridized carbons (Fsp3) is 0. The monoisotopic (exact) mass is 629 g/mol. The molecule has 0 spiro atoms. The topological polar surface area (TPSA) is 35.5 Å². The van der Waals surface area contributed by atoms with E-state index in [9.17, 15) is 0 Å². The van der Waals surface area contributed by atoms with Crippen LogP contribution >= 0.6 is 0 Å². The third-order valence-corrected chi connectivity index (χ3v) is 8.39. The molecule has 0 aliphatic heterocycles. The lowest BCUT2D eigenvalue weighted by Gasteiger charge is -2.30. The zero-order chi connectivity index (χ0) is 32.8. The molecular weight excluding hydrogens is 599 g/mol. The molecular formula is C44H31N5. The van der Waals surface area contributed by atoms with Crippen LogP contribution in [0.1, 0.15) is 0 Å². The first-order valence-electron chi connectivity index (χ1n) is 16.2. The van der Waals surface area contributed by atoms with Crippen LogP contribution in [0.3, 0.4) is 0 Å². The lowest BCUT2D eigenvalue weighted by molar-refractivity contribution is 1.22. The minimum Gasteiger partial charge on any atom is -0.311 e. The highest BCUT2D eigenvalue weighted by Crippen LogP contribution is 2.44. The molecule has 1 aromatic heterocycles. The number of anilines is 9. The van der Waals surface area contributed by atoms with Gasteiger partial charge in [0.05, 0.1) is 17.1 Å². The Morgan fingerprint density at radius 3 is 1.10 bits per heavy atom. The van der Waals surface area contributed by atoms with Crippen LogP contribution in [0.25, 0.3) is 11.0 Å². The Bertz CT molecular complexity index is 2180. The third-order valence-electron chi connectivity index (χ3n) is 8.39. The van der Waals surface area contributed by atoms with Gasteiger partial charge in [0, 0.05) is 52.6 Å². The van der Waals surface area contributed by atoms with Gasteiger partial charge in [0.1, 0.15) is 11.0 Å². The molecule has 0 aliphatic rings. The van der Waals surface area contributed by atoms with E-state index in [4.69, 9.17) is 9.97 Å². The summed E-state index contributed by atoms with van der Waals surface area (Å²) in [6, 6.07) is 66.6. The molecule has 1 heterocycles. The number of para-hydroxylation sites is 4. The maximum absolute atomic E-state index is 4.95. The molecule has 0 radical (unpaired) electrons. The SMILES string of the molecule is c1ccc(N(c2ccc(N(c3ccccc3)c3ccccc3)cc2)c2ccc(N(c3ccccc3)c3ccccc3)c3nccnc23)cc#1. The van der Waals surface area contributed by atoms with E-state index in [-0.39, 0.29) is 0 Å². The lowest BCUT2D eigenvalue weighted by Crippen LogP contribution is -2.14.